The largest absolute Gasteiger partial charge is 0.366 e. The van der Waals surface area contributed by atoms with Gasteiger partial charge in [-0.15, -0.1) is 0 Å². The van der Waals surface area contributed by atoms with E-state index in [1.165, 1.54) is 18.2 Å². The van der Waals surface area contributed by atoms with E-state index in [1.807, 2.05) is 4.90 Å². The molecule has 2 atom stereocenters. The van der Waals surface area contributed by atoms with Crippen molar-refractivity contribution in [2.24, 2.45) is 11.7 Å². The number of carbonyl (C=O) groups excluding carboxylic acids is 1. The fraction of sp³-hybridized carbons (Fsp3) is 0.500. The molecule has 21 heavy (non-hydrogen) atoms. The maximum atomic E-state index is 11.3. The Balaban J connectivity index is 1.94. The molecule has 1 aromatic rings. The molecule has 0 unspecified atom stereocenters. The molecule has 2 aliphatic rings. The molecular weight excluding hydrogens is 272 g/mol. The lowest BCUT2D eigenvalue weighted by molar-refractivity contribution is -0.384. The molecular formula is C14H18N4O3. The lowest BCUT2D eigenvalue weighted by Gasteiger charge is -2.24. The summed E-state index contributed by atoms with van der Waals surface area (Å²) in [5.41, 5.74) is 6.11. The van der Waals surface area contributed by atoms with E-state index in [0.29, 0.717) is 23.2 Å². The molecule has 112 valence electrons. The van der Waals surface area contributed by atoms with Gasteiger partial charge in [-0.2, -0.15) is 0 Å². The minimum atomic E-state index is -0.569. The number of hydrogen-bond acceptors (Lipinski definition) is 5. The molecule has 2 aliphatic heterocycles. The van der Waals surface area contributed by atoms with E-state index in [2.05, 4.69) is 5.32 Å². The van der Waals surface area contributed by atoms with Gasteiger partial charge in [0.05, 0.1) is 4.92 Å². The van der Waals surface area contributed by atoms with E-state index in [9.17, 15) is 14.9 Å². The third-order valence-corrected chi connectivity index (χ3v) is 4.40. The third kappa shape index (κ3) is 2.56. The van der Waals surface area contributed by atoms with Gasteiger partial charge in [-0.3, -0.25) is 14.9 Å². The van der Waals surface area contributed by atoms with Gasteiger partial charge < -0.3 is 16.0 Å². The number of piperidine rings is 1. The molecule has 0 bridgehead atoms. The highest BCUT2D eigenvalue weighted by molar-refractivity contribution is 5.94. The number of nitro groups is 1. The number of primary amides is 1. The molecule has 0 aliphatic carbocycles. The van der Waals surface area contributed by atoms with Gasteiger partial charge in [0.15, 0.2) is 0 Å². The Morgan fingerprint density at radius 1 is 1.43 bits per heavy atom. The zero-order valence-corrected chi connectivity index (χ0v) is 11.6. The molecule has 0 aromatic heterocycles. The van der Waals surface area contributed by atoms with E-state index >= 15 is 0 Å². The predicted octanol–water partition coefficient (Wildman–Crippen LogP) is 0.882. The van der Waals surface area contributed by atoms with E-state index in [-0.39, 0.29) is 5.69 Å². The summed E-state index contributed by atoms with van der Waals surface area (Å²) in [5, 5.41) is 14.7. The summed E-state index contributed by atoms with van der Waals surface area (Å²) in [6.07, 6.45) is 2.27. The number of nitro benzene ring substituents is 1. The number of nitrogens with two attached hydrogens (primary N) is 1. The van der Waals surface area contributed by atoms with Crippen molar-refractivity contribution in [3.8, 4) is 0 Å². The second-order valence-electron chi connectivity index (χ2n) is 5.69. The van der Waals surface area contributed by atoms with Gasteiger partial charge in [0.1, 0.15) is 5.69 Å². The number of nitrogens with one attached hydrogen (secondary N) is 1. The lowest BCUT2D eigenvalue weighted by atomic mass is 9.94. The van der Waals surface area contributed by atoms with Gasteiger partial charge in [-0.1, -0.05) is 0 Å². The van der Waals surface area contributed by atoms with Gasteiger partial charge in [0, 0.05) is 30.8 Å². The van der Waals surface area contributed by atoms with Crippen molar-refractivity contribution in [3.63, 3.8) is 0 Å². The van der Waals surface area contributed by atoms with Crippen molar-refractivity contribution in [2.45, 2.75) is 18.9 Å². The SMILES string of the molecule is NC(=O)c1ccc([N+](=O)[O-])c(N2C[C@@H]3CCCN[C@@H]3C2)c1. The summed E-state index contributed by atoms with van der Waals surface area (Å²) in [6.45, 7) is 2.51. The Kier molecular flexibility index (Phi) is 3.50. The average molecular weight is 290 g/mol. The summed E-state index contributed by atoms with van der Waals surface area (Å²) in [5.74, 6) is -0.0588. The molecule has 0 saturated carbocycles. The molecule has 0 spiro atoms. The first-order valence-electron chi connectivity index (χ1n) is 7.13. The van der Waals surface area contributed by atoms with Crippen molar-refractivity contribution in [3.05, 3.63) is 33.9 Å². The minimum absolute atomic E-state index is 0.0265. The molecule has 0 radical (unpaired) electrons. The van der Waals surface area contributed by atoms with Crippen molar-refractivity contribution in [1.29, 1.82) is 0 Å². The second-order valence-corrected chi connectivity index (χ2v) is 5.69. The first-order chi connectivity index (χ1) is 10.1. The number of benzene rings is 1. The van der Waals surface area contributed by atoms with Crippen LogP contribution >= 0.6 is 0 Å². The minimum Gasteiger partial charge on any atom is -0.366 e. The van der Waals surface area contributed by atoms with Gasteiger partial charge in [0.25, 0.3) is 5.69 Å². The first kappa shape index (κ1) is 13.8. The molecule has 2 fully saturated rings. The van der Waals surface area contributed by atoms with Crippen LogP contribution in [0.1, 0.15) is 23.2 Å². The van der Waals surface area contributed by atoms with Gasteiger partial charge >= 0.3 is 0 Å². The third-order valence-electron chi connectivity index (χ3n) is 4.40. The van der Waals surface area contributed by atoms with Crippen molar-refractivity contribution < 1.29 is 9.72 Å². The number of nitrogens with zero attached hydrogens (tertiary/aromatic N) is 2. The zero-order valence-electron chi connectivity index (χ0n) is 11.6. The van der Waals surface area contributed by atoms with Crippen LogP contribution in [0.25, 0.3) is 0 Å². The Labute approximate surface area is 122 Å². The van der Waals surface area contributed by atoms with E-state index < -0.39 is 10.8 Å². The Morgan fingerprint density at radius 3 is 2.90 bits per heavy atom. The summed E-state index contributed by atoms with van der Waals surface area (Å²) in [7, 11) is 0. The topological polar surface area (TPSA) is 102 Å². The molecule has 7 nitrogen and oxygen atoms in total. The standard InChI is InChI=1S/C14H18N4O3/c15-14(19)9-3-4-12(18(20)21)13(6-9)17-7-10-2-1-5-16-11(10)8-17/h3-4,6,10-11,16H,1-2,5,7-8H2,(H2,15,19)/t10-,11+/m0/s1. The maximum Gasteiger partial charge on any atom is 0.292 e. The van der Waals surface area contributed by atoms with Gasteiger partial charge in [0.2, 0.25) is 5.91 Å². The Morgan fingerprint density at radius 2 is 2.24 bits per heavy atom. The van der Waals surface area contributed by atoms with E-state index in [0.717, 1.165) is 32.5 Å². The Bertz CT molecular complexity index is 576. The van der Waals surface area contributed by atoms with Crippen LogP contribution in [0.3, 0.4) is 0 Å². The van der Waals surface area contributed by atoms with Crippen molar-refractivity contribution in [1.82, 2.24) is 5.32 Å². The second kappa shape index (κ2) is 5.33. The van der Waals surface area contributed by atoms with E-state index in [1.54, 1.807) is 0 Å². The smallest absolute Gasteiger partial charge is 0.292 e. The molecule has 3 rings (SSSR count). The van der Waals surface area contributed by atoms with Crippen LogP contribution in [0.4, 0.5) is 11.4 Å². The molecule has 3 N–H and O–H groups in total. The van der Waals surface area contributed by atoms with Crippen molar-refractivity contribution >= 4 is 17.3 Å². The summed E-state index contributed by atoms with van der Waals surface area (Å²) < 4.78 is 0. The Hall–Kier alpha value is -2.15. The highest BCUT2D eigenvalue weighted by Gasteiger charge is 2.36. The van der Waals surface area contributed by atoms with Crippen LogP contribution in [0, 0.1) is 16.0 Å². The van der Waals surface area contributed by atoms with Gasteiger partial charge in [-0.05, 0) is 37.4 Å². The molecule has 1 amide bonds. The lowest BCUT2D eigenvalue weighted by Crippen LogP contribution is -2.40. The quantitative estimate of drug-likeness (QED) is 0.635. The number of fused-ring (bicyclic) bond motifs is 1. The van der Waals surface area contributed by atoms with E-state index in [4.69, 9.17) is 5.73 Å². The number of carbonyl (C=O) groups is 1. The number of rotatable bonds is 3. The maximum absolute atomic E-state index is 11.3. The fourth-order valence-electron chi connectivity index (χ4n) is 3.33. The summed E-state index contributed by atoms with van der Waals surface area (Å²) in [4.78, 5) is 24.1. The van der Waals surface area contributed by atoms with Gasteiger partial charge in [-0.25, -0.2) is 0 Å². The number of anilines is 1. The average Bonchev–Trinajstić information content (AvgIpc) is 2.90. The summed E-state index contributed by atoms with van der Waals surface area (Å²) >= 11 is 0. The molecule has 2 saturated heterocycles. The van der Waals surface area contributed by atoms with Crippen LogP contribution in [0.15, 0.2) is 18.2 Å². The zero-order chi connectivity index (χ0) is 15.0. The number of hydrogen-bond donors (Lipinski definition) is 2. The van der Waals surface area contributed by atoms with Crippen LogP contribution in [0.2, 0.25) is 0 Å². The molecule has 1 aromatic carbocycles. The predicted molar refractivity (Wildman–Crippen MR) is 78.3 cm³/mol. The van der Waals surface area contributed by atoms with Crippen molar-refractivity contribution in [2.75, 3.05) is 24.5 Å². The fourth-order valence-corrected chi connectivity index (χ4v) is 3.33. The van der Waals surface area contributed by atoms with Crippen LogP contribution in [0.5, 0.6) is 0 Å². The molecule has 2 heterocycles. The number of amides is 1. The monoisotopic (exact) mass is 290 g/mol. The first-order valence-corrected chi connectivity index (χ1v) is 7.13. The van der Waals surface area contributed by atoms with Crippen LogP contribution < -0.4 is 16.0 Å². The van der Waals surface area contributed by atoms with Crippen LogP contribution in [-0.2, 0) is 0 Å². The normalized spacial score (nSPS) is 24.7. The highest BCUT2D eigenvalue weighted by Crippen LogP contribution is 2.35. The van der Waals surface area contributed by atoms with Crippen LogP contribution in [-0.4, -0.2) is 36.5 Å². The summed E-state index contributed by atoms with van der Waals surface area (Å²) in [6, 6.07) is 4.68. The highest BCUT2D eigenvalue weighted by atomic mass is 16.6. The molecule has 7 heteroatoms.